The Hall–Kier alpha value is -8.16. The Morgan fingerprint density at radius 2 is 1.43 bits per heavy atom. The Kier molecular flexibility index (Phi) is 21.4. The molecule has 3 heterocycles. The molecule has 9 amide bonds. The number of benzene rings is 2. The van der Waals surface area contributed by atoms with Crippen LogP contribution in [0.2, 0.25) is 0 Å². The van der Waals surface area contributed by atoms with Gasteiger partial charge in [-0.3, -0.25) is 58.0 Å². The molecule has 0 bridgehead atoms. The maximum atomic E-state index is 15.3. The van der Waals surface area contributed by atoms with Gasteiger partial charge < -0.3 is 70.9 Å². The number of aliphatic imine (C=N–C) groups is 2. The highest BCUT2D eigenvalue weighted by atomic mass is 19.1. The summed E-state index contributed by atoms with van der Waals surface area (Å²) in [7, 11) is 0. The summed E-state index contributed by atoms with van der Waals surface area (Å²) in [5.41, 5.74) is 35.5. The number of carbonyl (C=O) groups excluding carboxylic acids is 9. The van der Waals surface area contributed by atoms with Crippen LogP contribution in [0.5, 0.6) is 0 Å². The van der Waals surface area contributed by atoms with E-state index >= 15 is 4.79 Å². The number of halogens is 1. The minimum absolute atomic E-state index is 0.00132. The molecule has 0 saturated carbocycles. The third kappa shape index (κ3) is 16.7. The number of aromatic amines is 1. The topological polar surface area (TPSA) is 417 Å². The predicted molar refractivity (Wildman–Crippen MR) is 274 cm³/mol. The van der Waals surface area contributed by atoms with Gasteiger partial charge in [-0.15, -0.1) is 0 Å². The second kappa shape index (κ2) is 27.8. The lowest BCUT2D eigenvalue weighted by atomic mass is 9.99. The van der Waals surface area contributed by atoms with Gasteiger partial charge in [-0.05, 0) is 93.7 Å². The van der Waals surface area contributed by atoms with Gasteiger partial charge in [0.2, 0.25) is 47.3 Å². The SMILES string of the molecule is CC(=O)N[C@@H](CCCN=C(N)N)C(=O)N[C@H]1CCC(=O)N([C@@H](CCCN)C(N)=O)C(=O)[C@H](Cc2c[nH]c3ccccc23)NC(=O)[C@H](CCCN=C(N)N)NC(=O)[C@@H](Cc2ccc(F)cc2)NC(=O)[C@@H]2CCCN2C1=O. The molecule has 1 aromatic heterocycles. The lowest BCUT2D eigenvalue weighted by Crippen LogP contribution is -2.62. The van der Waals surface area contributed by atoms with Crippen LogP contribution >= 0.6 is 0 Å². The minimum atomic E-state index is -1.65. The molecule has 2 aliphatic rings. The van der Waals surface area contributed by atoms with Gasteiger partial charge in [-0.1, -0.05) is 30.3 Å². The molecule has 0 spiro atoms. The van der Waals surface area contributed by atoms with E-state index in [1.165, 1.54) is 36.1 Å². The molecule has 5 rings (SSSR count). The van der Waals surface area contributed by atoms with Crippen molar-refractivity contribution in [3.8, 4) is 0 Å². The van der Waals surface area contributed by atoms with Gasteiger partial charge in [-0.25, -0.2) is 4.39 Å². The molecular weight excluding hydrogens is 976 g/mol. The Labute approximate surface area is 432 Å². The summed E-state index contributed by atoms with van der Waals surface area (Å²) in [5.74, 6) is -9.03. The molecule has 2 aliphatic heterocycles. The number of fused-ring (bicyclic) bond motifs is 2. The number of nitrogens with zero attached hydrogens (tertiary/aromatic N) is 4. The number of H-pyrrole nitrogens is 1. The van der Waals surface area contributed by atoms with Crippen LogP contribution in [-0.2, 0) is 56.0 Å². The number of guanidine groups is 2. The first kappa shape index (κ1) is 57.7. The van der Waals surface area contributed by atoms with E-state index in [1.54, 1.807) is 30.5 Å². The van der Waals surface area contributed by atoms with Gasteiger partial charge in [0, 0.05) is 62.9 Å². The van der Waals surface area contributed by atoms with E-state index in [0.717, 1.165) is 0 Å². The quantitative estimate of drug-likeness (QED) is 0.0239. The van der Waals surface area contributed by atoms with Crippen molar-refractivity contribution in [2.75, 3.05) is 26.2 Å². The van der Waals surface area contributed by atoms with Crippen molar-refractivity contribution in [1.29, 1.82) is 0 Å². The van der Waals surface area contributed by atoms with Crippen molar-refractivity contribution in [1.82, 2.24) is 41.4 Å². The zero-order valence-corrected chi connectivity index (χ0v) is 41.9. The molecular formula is C49H69FN16O9. The predicted octanol–water partition coefficient (Wildman–Crippen LogP) is -2.62. The molecule has 0 unspecified atom stereocenters. The third-order valence-electron chi connectivity index (χ3n) is 12.8. The smallest absolute Gasteiger partial charge is 0.252 e. The van der Waals surface area contributed by atoms with Gasteiger partial charge >= 0.3 is 0 Å². The number of hydrogen-bond donors (Lipinski definition) is 12. The van der Waals surface area contributed by atoms with Gasteiger partial charge in [0.1, 0.15) is 48.1 Å². The van der Waals surface area contributed by atoms with Crippen molar-refractivity contribution in [3.63, 3.8) is 0 Å². The molecule has 18 N–H and O–H groups in total. The fraction of sp³-hybridized carbons (Fsp3) is 0.490. The zero-order valence-electron chi connectivity index (χ0n) is 41.9. The van der Waals surface area contributed by atoms with E-state index in [1.807, 2.05) is 0 Å². The van der Waals surface area contributed by atoms with Crippen LogP contribution in [0, 0.1) is 5.82 Å². The first-order valence-electron chi connectivity index (χ1n) is 24.8. The van der Waals surface area contributed by atoms with E-state index in [2.05, 4.69) is 41.6 Å². The van der Waals surface area contributed by atoms with E-state index in [0.29, 0.717) is 26.9 Å². The monoisotopic (exact) mass is 1040 g/mol. The van der Waals surface area contributed by atoms with Gasteiger partial charge in [0.25, 0.3) is 5.91 Å². The number of nitrogens with one attached hydrogen (secondary N) is 6. The average Bonchev–Trinajstić information content (AvgIpc) is 4.03. The van der Waals surface area contributed by atoms with Crippen LogP contribution in [0.25, 0.3) is 10.9 Å². The number of nitrogens with two attached hydrogens (primary N) is 6. The molecule has 3 aromatic rings. The maximum Gasteiger partial charge on any atom is 0.252 e. The maximum absolute atomic E-state index is 15.3. The average molecular weight is 1050 g/mol. The van der Waals surface area contributed by atoms with Crippen LogP contribution < -0.4 is 61.0 Å². The van der Waals surface area contributed by atoms with Crippen LogP contribution in [0.4, 0.5) is 4.39 Å². The lowest BCUT2D eigenvalue weighted by Gasteiger charge is -2.34. The number of para-hydroxylation sites is 1. The Balaban J connectivity index is 1.66. The highest BCUT2D eigenvalue weighted by molar-refractivity contribution is 6.05. The minimum Gasteiger partial charge on any atom is -0.370 e. The summed E-state index contributed by atoms with van der Waals surface area (Å²) in [5, 5.41) is 14.0. The summed E-state index contributed by atoms with van der Waals surface area (Å²) in [4.78, 5) is 142. The van der Waals surface area contributed by atoms with Crippen molar-refractivity contribution >= 4 is 76.0 Å². The Bertz CT molecular complexity index is 2600. The highest BCUT2D eigenvalue weighted by Gasteiger charge is 2.43. The van der Waals surface area contributed by atoms with Gasteiger partial charge in [0.15, 0.2) is 11.9 Å². The highest BCUT2D eigenvalue weighted by Crippen LogP contribution is 2.24. The molecule has 0 radical (unpaired) electrons. The van der Waals surface area contributed by atoms with E-state index in [-0.39, 0.29) is 102 Å². The molecule has 75 heavy (non-hydrogen) atoms. The largest absolute Gasteiger partial charge is 0.370 e. The van der Waals surface area contributed by atoms with Crippen molar-refractivity contribution < 1.29 is 47.5 Å². The number of aromatic nitrogens is 1. The standard InChI is InChI=1S/C49H69FN16O9/c1-27(67)60-33(10-5-21-57-48(53)54)42(70)62-35-18-19-40(68)66(38(41(52)69)12-4-20-51)47(75)37(25-29-26-59-32-9-3-2-8-31(29)32)64-43(71)34(11-6-22-58-49(55)56)61-44(72)36(24-28-14-16-30(50)17-15-28)63-45(73)39-13-7-23-65(39)46(35)74/h2-3,8-9,14-17,26,33-39,59H,4-7,10-13,18-25,51H2,1H3,(H2,52,69)(H,60,67)(H,61,72)(H,62,70)(H,63,73)(H,64,71)(H4,53,54,57)(H4,55,56,58)/t33-,34-,35-,36+,37-,38-,39-/m0/s1. The molecule has 7 atom stereocenters. The molecule has 0 aliphatic carbocycles. The van der Waals surface area contributed by atoms with Crippen LogP contribution in [-0.4, -0.2) is 148 Å². The van der Waals surface area contributed by atoms with E-state index in [4.69, 9.17) is 34.4 Å². The number of primary amides is 1. The van der Waals surface area contributed by atoms with E-state index < -0.39 is 114 Å². The second-order valence-electron chi connectivity index (χ2n) is 18.5. The number of amides is 9. The first-order valence-corrected chi connectivity index (χ1v) is 24.8. The zero-order chi connectivity index (χ0) is 54.8. The van der Waals surface area contributed by atoms with Crippen molar-refractivity contribution in [2.24, 2.45) is 44.4 Å². The molecule has 406 valence electrons. The summed E-state index contributed by atoms with van der Waals surface area (Å²) in [6.07, 6.45) is 0.391. The van der Waals surface area contributed by atoms with Crippen LogP contribution in [0.1, 0.15) is 82.3 Å². The second-order valence-corrected chi connectivity index (χ2v) is 18.5. The fourth-order valence-electron chi connectivity index (χ4n) is 9.14. The molecule has 25 nitrogen and oxygen atoms in total. The number of carbonyl (C=O) groups is 9. The summed E-state index contributed by atoms with van der Waals surface area (Å²) >= 11 is 0. The van der Waals surface area contributed by atoms with Crippen LogP contribution in [0.15, 0.2) is 64.7 Å². The van der Waals surface area contributed by atoms with Crippen molar-refractivity contribution in [3.05, 3.63) is 71.7 Å². The summed E-state index contributed by atoms with van der Waals surface area (Å²) in [6.45, 7) is 1.29. The fourth-order valence-corrected chi connectivity index (χ4v) is 9.14. The molecule has 26 heteroatoms. The summed E-state index contributed by atoms with van der Waals surface area (Å²) in [6, 6.07) is 1.98. The molecule has 2 fully saturated rings. The normalized spacial score (nSPS) is 20.9. The van der Waals surface area contributed by atoms with Crippen LogP contribution in [0.3, 0.4) is 0 Å². The van der Waals surface area contributed by atoms with Crippen molar-refractivity contribution in [2.45, 2.75) is 126 Å². The van der Waals surface area contributed by atoms with Gasteiger partial charge in [-0.2, -0.15) is 0 Å². The Morgan fingerprint density at radius 1 is 0.773 bits per heavy atom. The van der Waals surface area contributed by atoms with E-state index in [9.17, 15) is 42.7 Å². The first-order chi connectivity index (χ1) is 35.8. The Morgan fingerprint density at radius 3 is 2.09 bits per heavy atom. The lowest BCUT2D eigenvalue weighted by molar-refractivity contribution is -0.154. The van der Waals surface area contributed by atoms with Gasteiger partial charge in [0.05, 0.1) is 0 Å². The number of hydrogen-bond acceptors (Lipinski definition) is 12. The summed E-state index contributed by atoms with van der Waals surface area (Å²) < 4.78 is 14.1. The third-order valence-corrected chi connectivity index (χ3v) is 12.8. The molecule has 2 saturated heterocycles. The molecule has 2 aromatic carbocycles. The number of rotatable bonds is 20. The number of imide groups is 1.